The normalized spacial score (nSPS) is 11.7. The second-order valence-corrected chi connectivity index (χ2v) is 8.58. The van der Waals surface area contributed by atoms with Crippen LogP contribution >= 0.6 is 0 Å². The number of hydrogen-bond donors (Lipinski definition) is 6. The number of nitrogens with two attached hydrogens (primary N) is 4. The molecule has 33 heavy (non-hydrogen) atoms. The molecule has 0 radical (unpaired) electrons. The highest BCUT2D eigenvalue weighted by Crippen LogP contribution is 2.13. The summed E-state index contributed by atoms with van der Waals surface area (Å²) in [6.45, 7) is 2.27. The molecule has 10 N–H and O–H groups in total. The Labute approximate surface area is 198 Å². The molecule has 0 aliphatic rings. The maximum Gasteiger partial charge on any atom is 0.394 e. The molecule has 12 nitrogen and oxygen atoms in total. The van der Waals surface area contributed by atoms with Crippen molar-refractivity contribution in [2.45, 2.75) is 103 Å². The van der Waals surface area contributed by atoms with Crippen molar-refractivity contribution in [1.29, 1.82) is 0 Å². The van der Waals surface area contributed by atoms with Gasteiger partial charge in [0.1, 0.15) is 0 Å². The molecule has 0 aliphatic heterocycles. The number of guanidine groups is 2. The van der Waals surface area contributed by atoms with Crippen LogP contribution in [0, 0.1) is 0 Å². The van der Waals surface area contributed by atoms with Gasteiger partial charge in [-0.15, -0.1) is 10.2 Å². The van der Waals surface area contributed by atoms with Gasteiger partial charge in [0.15, 0.2) is 0 Å². The van der Waals surface area contributed by atoms with Crippen LogP contribution in [-0.2, 0) is 10.4 Å². The quantitative estimate of drug-likeness (QED) is 0.0545. The zero-order chi connectivity index (χ0) is 25.4. The lowest BCUT2D eigenvalue weighted by Gasteiger charge is -2.03. The Balaban J connectivity index is 0. The van der Waals surface area contributed by atoms with Gasteiger partial charge in [0.2, 0.25) is 11.9 Å². The third-order valence-corrected chi connectivity index (χ3v) is 4.46. The predicted octanol–water partition coefficient (Wildman–Crippen LogP) is 3.09. The van der Waals surface area contributed by atoms with Gasteiger partial charge < -0.3 is 22.9 Å². The van der Waals surface area contributed by atoms with Gasteiger partial charge in [-0.3, -0.25) is 9.11 Å². The van der Waals surface area contributed by atoms with Crippen molar-refractivity contribution in [1.82, 2.24) is 0 Å². The van der Waals surface area contributed by atoms with Crippen molar-refractivity contribution >= 4 is 34.2 Å². The van der Waals surface area contributed by atoms with Gasteiger partial charge >= 0.3 is 10.4 Å². The Morgan fingerprint density at radius 2 is 1.03 bits per heavy atom. The van der Waals surface area contributed by atoms with E-state index >= 15 is 0 Å². The second kappa shape index (κ2) is 22.9. The average molecular weight is 493 g/mol. The Morgan fingerprint density at radius 1 is 0.667 bits per heavy atom. The van der Waals surface area contributed by atoms with Crippen LogP contribution in [0.25, 0.3) is 0 Å². The molecule has 0 heterocycles. The van der Waals surface area contributed by atoms with Crippen LogP contribution in [0.4, 0.5) is 0 Å². The summed E-state index contributed by atoms with van der Waals surface area (Å²) >= 11 is 0. The standard InChI is InChI=1S/C20H42N8.H2O4S/c1-2-3-4-5-6-7-8-9-10-11-12-13-14-15-16-18(26-28-20(23)24)17-25-27-19(21)22;1-5(2,3)4/h17H,2-16H2,1H3,(H4,21,22,27)(H4,23,24,28);(H2,1,2,3,4)/b25-17+,26-18+;. The Bertz CT molecular complexity index is 678. The monoisotopic (exact) mass is 492 g/mol. The number of hydrogen-bond acceptors (Lipinski definition) is 6. The van der Waals surface area contributed by atoms with Gasteiger partial charge in [-0.25, -0.2) is 0 Å². The molecule has 0 aromatic rings. The first kappa shape index (κ1) is 32.9. The summed E-state index contributed by atoms with van der Waals surface area (Å²) in [5, 5.41) is 15.0. The maximum absolute atomic E-state index is 8.74. The molecule has 0 amide bonds. The van der Waals surface area contributed by atoms with Gasteiger partial charge in [0.05, 0.1) is 11.9 Å². The van der Waals surface area contributed by atoms with E-state index in [0.717, 1.165) is 19.3 Å². The third-order valence-electron chi connectivity index (χ3n) is 4.46. The molecule has 0 saturated heterocycles. The summed E-state index contributed by atoms with van der Waals surface area (Å²) in [5.74, 6) is -0.192. The van der Waals surface area contributed by atoms with Crippen LogP contribution in [0.3, 0.4) is 0 Å². The summed E-state index contributed by atoms with van der Waals surface area (Å²) in [6.07, 6.45) is 20.7. The van der Waals surface area contributed by atoms with Crippen LogP contribution < -0.4 is 22.9 Å². The van der Waals surface area contributed by atoms with Crippen LogP contribution in [-0.4, -0.2) is 41.4 Å². The highest BCUT2D eigenvalue weighted by molar-refractivity contribution is 7.79. The summed E-state index contributed by atoms with van der Waals surface area (Å²) in [5.41, 5.74) is 21.7. The minimum atomic E-state index is -4.67. The minimum Gasteiger partial charge on any atom is -0.369 e. The maximum atomic E-state index is 8.74. The third kappa shape index (κ3) is 37.4. The van der Waals surface area contributed by atoms with Crippen molar-refractivity contribution in [3.05, 3.63) is 0 Å². The fraction of sp³-hybridized carbons (Fsp3) is 0.800. The SMILES string of the molecule is CCCCCCCCCCCCCCCCC(/C=N/N=C(N)N)=N\N=C(N)N.O=S(=O)(O)O. The number of nitrogens with zero attached hydrogens (tertiary/aromatic N) is 4. The molecule has 0 saturated carbocycles. The molecule has 0 fully saturated rings. The molecule has 0 atom stereocenters. The first-order chi connectivity index (χ1) is 15.6. The Hall–Kier alpha value is -2.25. The zero-order valence-corrected chi connectivity index (χ0v) is 20.7. The van der Waals surface area contributed by atoms with E-state index in [1.807, 2.05) is 0 Å². The molecular weight excluding hydrogens is 448 g/mol. The van der Waals surface area contributed by atoms with Gasteiger partial charge in [-0.1, -0.05) is 90.4 Å². The van der Waals surface area contributed by atoms with E-state index in [1.54, 1.807) is 0 Å². The van der Waals surface area contributed by atoms with E-state index in [2.05, 4.69) is 27.3 Å². The van der Waals surface area contributed by atoms with E-state index in [-0.39, 0.29) is 11.9 Å². The topological polar surface area (TPSA) is 228 Å². The van der Waals surface area contributed by atoms with Crippen molar-refractivity contribution in [2.75, 3.05) is 0 Å². The van der Waals surface area contributed by atoms with E-state index in [9.17, 15) is 0 Å². The molecule has 0 spiro atoms. The van der Waals surface area contributed by atoms with Gasteiger partial charge in [0.25, 0.3) is 0 Å². The van der Waals surface area contributed by atoms with Gasteiger partial charge in [-0.2, -0.15) is 18.6 Å². The molecule has 0 aromatic carbocycles. The van der Waals surface area contributed by atoms with E-state index in [1.165, 1.54) is 83.3 Å². The molecular formula is C20H44N8O4S. The molecule has 13 heteroatoms. The lowest BCUT2D eigenvalue weighted by Crippen LogP contribution is -2.22. The Morgan fingerprint density at radius 3 is 1.39 bits per heavy atom. The van der Waals surface area contributed by atoms with Crippen molar-refractivity contribution < 1.29 is 17.5 Å². The Kier molecular flexibility index (Phi) is 22.9. The number of rotatable bonds is 18. The first-order valence-corrected chi connectivity index (χ1v) is 12.9. The van der Waals surface area contributed by atoms with Crippen LogP contribution in [0.2, 0.25) is 0 Å². The highest BCUT2D eigenvalue weighted by Gasteiger charge is 1.98. The average Bonchev–Trinajstić information content (AvgIpc) is 2.70. The van der Waals surface area contributed by atoms with E-state index in [0.29, 0.717) is 5.71 Å². The number of unbranched alkanes of at least 4 members (excludes halogenated alkanes) is 13. The largest absolute Gasteiger partial charge is 0.394 e. The molecule has 194 valence electrons. The molecule has 0 aromatic heterocycles. The van der Waals surface area contributed by atoms with Crippen molar-refractivity contribution in [2.24, 2.45) is 43.3 Å². The second-order valence-electron chi connectivity index (χ2n) is 7.68. The van der Waals surface area contributed by atoms with E-state index < -0.39 is 10.4 Å². The fourth-order valence-electron chi connectivity index (χ4n) is 2.93. The fourth-order valence-corrected chi connectivity index (χ4v) is 2.93. The van der Waals surface area contributed by atoms with Crippen LogP contribution in [0.5, 0.6) is 0 Å². The molecule has 0 unspecified atom stereocenters. The van der Waals surface area contributed by atoms with Crippen LogP contribution in [0.1, 0.15) is 103 Å². The minimum absolute atomic E-state index is 0.0892. The first-order valence-electron chi connectivity index (χ1n) is 11.5. The smallest absolute Gasteiger partial charge is 0.369 e. The summed E-state index contributed by atoms with van der Waals surface area (Å²) < 4.78 is 31.6. The highest BCUT2D eigenvalue weighted by atomic mass is 32.3. The zero-order valence-electron chi connectivity index (χ0n) is 19.9. The molecule has 0 bridgehead atoms. The lowest BCUT2D eigenvalue weighted by atomic mass is 10.0. The molecule has 0 rings (SSSR count). The van der Waals surface area contributed by atoms with Gasteiger partial charge in [-0.05, 0) is 12.8 Å². The van der Waals surface area contributed by atoms with Gasteiger partial charge in [0, 0.05) is 0 Å². The summed E-state index contributed by atoms with van der Waals surface area (Å²) in [7, 11) is -4.67. The van der Waals surface area contributed by atoms with E-state index in [4.69, 9.17) is 40.5 Å². The van der Waals surface area contributed by atoms with Crippen molar-refractivity contribution in [3.63, 3.8) is 0 Å². The molecule has 0 aliphatic carbocycles. The predicted molar refractivity (Wildman–Crippen MR) is 137 cm³/mol. The lowest BCUT2D eigenvalue weighted by molar-refractivity contribution is 0.381. The summed E-state index contributed by atoms with van der Waals surface area (Å²) in [4.78, 5) is 0. The van der Waals surface area contributed by atoms with Crippen LogP contribution in [0.15, 0.2) is 20.4 Å². The summed E-state index contributed by atoms with van der Waals surface area (Å²) in [6, 6.07) is 0. The van der Waals surface area contributed by atoms with Crippen molar-refractivity contribution in [3.8, 4) is 0 Å².